The van der Waals surface area contributed by atoms with Gasteiger partial charge in [-0.25, -0.2) is 0 Å². The van der Waals surface area contributed by atoms with Gasteiger partial charge in [-0.05, 0) is 0 Å². The first-order valence-electron chi connectivity index (χ1n) is 3.43. The van der Waals surface area contributed by atoms with Crippen molar-refractivity contribution in [3.8, 4) is 0 Å². The number of rotatable bonds is 3. The zero-order valence-electron chi connectivity index (χ0n) is 7.05. The second kappa shape index (κ2) is 9.76. The molecule has 0 atom stereocenters. The van der Waals surface area contributed by atoms with Gasteiger partial charge in [-0.2, -0.15) is 0 Å². The molecule has 0 aliphatic rings. The summed E-state index contributed by atoms with van der Waals surface area (Å²) in [5.41, 5.74) is 0. The fourth-order valence-electron chi connectivity index (χ4n) is 0.406. The van der Waals surface area contributed by atoms with Crippen molar-refractivity contribution in [2.24, 2.45) is 0 Å². The number of hydrogen-bond acceptors (Lipinski definition) is 3. The van der Waals surface area contributed by atoms with Crippen LogP contribution in [0.15, 0.2) is 18.7 Å². The van der Waals surface area contributed by atoms with Crippen molar-refractivity contribution in [1.29, 1.82) is 0 Å². The molecular weight excluding hydrogens is 240 g/mol. The molecule has 82 valence electrons. The molecule has 14 heavy (non-hydrogen) atoms. The SMILES string of the molecule is O=C(O)CCC(=O)O.[Cu+].c1c[n-]cn1. The number of carboxylic acid groups (broad SMARTS) is 2. The Morgan fingerprint density at radius 1 is 1.21 bits per heavy atom. The summed E-state index contributed by atoms with van der Waals surface area (Å²) in [5.74, 6) is -2.15. The summed E-state index contributed by atoms with van der Waals surface area (Å²) < 4.78 is 0. The van der Waals surface area contributed by atoms with Gasteiger partial charge in [0.05, 0.1) is 12.8 Å². The summed E-state index contributed by atoms with van der Waals surface area (Å²) in [5, 5.41) is 15.8. The van der Waals surface area contributed by atoms with Gasteiger partial charge in [0.15, 0.2) is 0 Å². The first-order chi connectivity index (χ1) is 6.13. The zero-order valence-corrected chi connectivity index (χ0v) is 7.99. The van der Waals surface area contributed by atoms with Gasteiger partial charge < -0.3 is 20.2 Å². The van der Waals surface area contributed by atoms with Crippen molar-refractivity contribution in [1.82, 2.24) is 9.97 Å². The van der Waals surface area contributed by atoms with Crippen molar-refractivity contribution < 1.29 is 36.9 Å². The minimum atomic E-state index is -1.08. The molecule has 2 N–H and O–H groups in total. The Hall–Kier alpha value is -1.33. The maximum Gasteiger partial charge on any atom is 1.00 e. The van der Waals surface area contributed by atoms with E-state index in [0.717, 1.165) is 0 Å². The third-order valence-electron chi connectivity index (χ3n) is 0.925. The van der Waals surface area contributed by atoms with Crippen LogP contribution >= 0.6 is 0 Å². The topological polar surface area (TPSA) is 102 Å². The van der Waals surface area contributed by atoms with E-state index in [9.17, 15) is 9.59 Å². The van der Waals surface area contributed by atoms with Gasteiger partial charge >= 0.3 is 29.0 Å². The quantitative estimate of drug-likeness (QED) is 0.729. The molecule has 6 nitrogen and oxygen atoms in total. The van der Waals surface area contributed by atoms with E-state index in [0.29, 0.717) is 0 Å². The Kier molecular flexibility index (Phi) is 10.6. The molecule has 0 unspecified atom stereocenters. The standard InChI is InChI=1S/C4H6O4.C3H3N2.Cu/c5-3(6)1-2-4(7)8;1-2-5-3-4-1;/h1-2H2,(H,5,6)(H,7,8);1-3H;/q;-1;+1. The fraction of sp³-hybridized carbons (Fsp3) is 0.286. The summed E-state index contributed by atoms with van der Waals surface area (Å²) in [4.78, 5) is 26.5. The van der Waals surface area contributed by atoms with Crippen molar-refractivity contribution >= 4 is 11.9 Å². The van der Waals surface area contributed by atoms with E-state index < -0.39 is 11.9 Å². The predicted octanol–water partition coefficient (Wildman–Crippen LogP) is -0.0279. The molecule has 0 bridgehead atoms. The summed E-state index contributed by atoms with van der Waals surface area (Å²) in [6.45, 7) is 0. The van der Waals surface area contributed by atoms with Gasteiger partial charge in [0.1, 0.15) is 0 Å². The largest absolute Gasteiger partial charge is 1.00 e. The molecule has 0 fully saturated rings. The molecule has 0 aliphatic heterocycles. The first-order valence-corrected chi connectivity index (χ1v) is 3.43. The molecule has 1 aromatic heterocycles. The number of aromatic nitrogens is 2. The van der Waals surface area contributed by atoms with Gasteiger partial charge in [-0.3, -0.25) is 9.59 Å². The van der Waals surface area contributed by atoms with E-state index >= 15 is 0 Å². The van der Waals surface area contributed by atoms with Crippen LogP contribution in [0.3, 0.4) is 0 Å². The summed E-state index contributed by atoms with van der Waals surface area (Å²) >= 11 is 0. The summed E-state index contributed by atoms with van der Waals surface area (Å²) in [6.07, 6.45) is 4.19. The first kappa shape index (κ1) is 15.2. The van der Waals surface area contributed by atoms with Crippen LogP contribution in [0.1, 0.15) is 12.8 Å². The second-order valence-electron chi connectivity index (χ2n) is 2.00. The average molecular weight is 249 g/mol. The molecule has 7 heteroatoms. The number of carbonyl (C=O) groups is 2. The van der Waals surface area contributed by atoms with Crippen molar-refractivity contribution in [3.63, 3.8) is 0 Å². The molecular formula is C7H9CuN2O4. The van der Waals surface area contributed by atoms with E-state index in [1.54, 1.807) is 12.4 Å². The molecule has 0 aromatic carbocycles. The van der Waals surface area contributed by atoms with E-state index in [1.165, 1.54) is 6.33 Å². The van der Waals surface area contributed by atoms with Crippen molar-refractivity contribution in [2.75, 3.05) is 0 Å². The van der Waals surface area contributed by atoms with E-state index in [4.69, 9.17) is 10.2 Å². The number of carboxylic acids is 2. The molecule has 0 spiro atoms. The van der Waals surface area contributed by atoms with Crippen LogP contribution in [0.5, 0.6) is 0 Å². The van der Waals surface area contributed by atoms with Crippen LogP contribution < -0.4 is 4.98 Å². The number of hydrogen-bond donors (Lipinski definition) is 2. The maximum atomic E-state index is 9.64. The maximum absolute atomic E-state index is 9.64. The van der Waals surface area contributed by atoms with Gasteiger partial charge in [-0.15, -0.1) is 0 Å². The average Bonchev–Trinajstić information content (AvgIpc) is 2.57. The monoisotopic (exact) mass is 248 g/mol. The van der Waals surface area contributed by atoms with Gasteiger partial charge in [0, 0.05) is 0 Å². The van der Waals surface area contributed by atoms with E-state index in [1.807, 2.05) is 0 Å². The summed E-state index contributed by atoms with van der Waals surface area (Å²) in [6, 6.07) is 0. The Morgan fingerprint density at radius 3 is 1.86 bits per heavy atom. The minimum Gasteiger partial charge on any atom is -0.481 e. The molecule has 0 saturated carbocycles. The third-order valence-corrected chi connectivity index (χ3v) is 0.925. The number of nitrogens with zero attached hydrogens (tertiary/aromatic N) is 2. The molecule has 1 rings (SSSR count). The summed E-state index contributed by atoms with van der Waals surface area (Å²) in [7, 11) is 0. The van der Waals surface area contributed by atoms with Gasteiger partial charge in [0.25, 0.3) is 0 Å². The van der Waals surface area contributed by atoms with Gasteiger partial charge in [0.2, 0.25) is 0 Å². The Bertz CT molecular complexity index is 219. The Labute approximate surface area is 90.8 Å². The zero-order chi connectivity index (χ0) is 10.1. The molecule has 0 radical (unpaired) electrons. The minimum absolute atomic E-state index is 0. The van der Waals surface area contributed by atoms with E-state index in [2.05, 4.69) is 9.97 Å². The number of imidazole rings is 1. The molecule has 1 aromatic rings. The van der Waals surface area contributed by atoms with Crippen molar-refractivity contribution in [2.45, 2.75) is 12.8 Å². The second-order valence-corrected chi connectivity index (χ2v) is 2.00. The van der Waals surface area contributed by atoms with Crippen LogP contribution in [0, 0.1) is 0 Å². The fourth-order valence-corrected chi connectivity index (χ4v) is 0.406. The van der Waals surface area contributed by atoms with Crippen molar-refractivity contribution in [3.05, 3.63) is 18.7 Å². The van der Waals surface area contributed by atoms with Crippen LogP contribution in [0.4, 0.5) is 0 Å². The Morgan fingerprint density at radius 2 is 1.71 bits per heavy atom. The molecule has 1 heterocycles. The molecule has 0 saturated heterocycles. The molecule has 0 aliphatic carbocycles. The normalized spacial score (nSPS) is 7.71. The molecule has 0 amide bonds. The third kappa shape index (κ3) is 13.3. The van der Waals surface area contributed by atoms with Crippen LogP contribution in [-0.2, 0) is 26.7 Å². The van der Waals surface area contributed by atoms with Crippen LogP contribution in [0.2, 0.25) is 0 Å². The van der Waals surface area contributed by atoms with Crippen LogP contribution in [-0.4, -0.2) is 27.1 Å². The van der Waals surface area contributed by atoms with Crippen LogP contribution in [0.25, 0.3) is 0 Å². The smallest absolute Gasteiger partial charge is 0.481 e. The Balaban J connectivity index is 0. The predicted molar refractivity (Wildman–Crippen MR) is 42.1 cm³/mol. The van der Waals surface area contributed by atoms with E-state index in [-0.39, 0.29) is 29.9 Å². The number of aliphatic carboxylic acids is 2. The van der Waals surface area contributed by atoms with Gasteiger partial charge in [-0.1, -0.05) is 18.7 Å².